The number of carbonyl (C=O) groups excluding carboxylic acids is 3. The van der Waals surface area contributed by atoms with E-state index in [4.69, 9.17) is 0 Å². The fraction of sp³-hybridized carbons (Fsp3) is 0.235. The van der Waals surface area contributed by atoms with E-state index < -0.39 is 0 Å². The van der Waals surface area contributed by atoms with E-state index in [0.29, 0.717) is 16.3 Å². The minimum absolute atomic E-state index is 0.0288. The van der Waals surface area contributed by atoms with Crippen LogP contribution in [-0.2, 0) is 9.59 Å². The van der Waals surface area contributed by atoms with Crippen LogP contribution in [0.5, 0.6) is 0 Å². The minimum Gasteiger partial charge on any atom is -0.326 e. The van der Waals surface area contributed by atoms with Crippen LogP contribution in [0.3, 0.4) is 0 Å². The van der Waals surface area contributed by atoms with Gasteiger partial charge in [0.05, 0.1) is 4.88 Å². The van der Waals surface area contributed by atoms with Crippen molar-refractivity contribution in [1.29, 1.82) is 0 Å². The molecule has 0 fully saturated rings. The van der Waals surface area contributed by atoms with Gasteiger partial charge in [-0.05, 0) is 36.1 Å². The van der Waals surface area contributed by atoms with Crippen molar-refractivity contribution in [2.75, 3.05) is 10.6 Å². The highest BCUT2D eigenvalue weighted by Gasteiger charge is 2.12. The van der Waals surface area contributed by atoms with Gasteiger partial charge in [-0.15, -0.1) is 11.3 Å². The first-order valence-corrected chi connectivity index (χ1v) is 8.09. The molecule has 2 N–H and O–H groups in total. The third-order valence-corrected chi connectivity index (χ3v) is 4.20. The minimum atomic E-state index is -0.224. The maximum absolute atomic E-state index is 12.0. The van der Waals surface area contributed by atoms with Crippen LogP contribution in [0.1, 0.15) is 35.0 Å². The molecular formula is C17H18N2O3S. The van der Waals surface area contributed by atoms with E-state index in [2.05, 4.69) is 10.6 Å². The zero-order valence-corrected chi connectivity index (χ0v) is 13.8. The van der Waals surface area contributed by atoms with E-state index in [-0.39, 0.29) is 30.4 Å². The van der Waals surface area contributed by atoms with Crippen LogP contribution in [0.25, 0.3) is 0 Å². The van der Waals surface area contributed by atoms with E-state index in [9.17, 15) is 14.4 Å². The molecule has 0 aliphatic rings. The molecule has 2 rings (SSSR count). The van der Waals surface area contributed by atoms with E-state index in [1.807, 2.05) is 18.4 Å². The molecular weight excluding hydrogens is 312 g/mol. The van der Waals surface area contributed by atoms with Crippen molar-refractivity contribution in [2.24, 2.45) is 0 Å². The number of rotatable bonds is 6. The van der Waals surface area contributed by atoms with Gasteiger partial charge < -0.3 is 10.6 Å². The molecule has 1 aromatic heterocycles. The lowest BCUT2D eigenvalue weighted by Gasteiger charge is -2.12. The molecule has 0 bridgehead atoms. The number of amides is 2. The van der Waals surface area contributed by atoms with Crippen molar-refractivity contribution in [1.82, 2.24) is 0 Å². The van der Waals surface area contributed by atoms with Crippen molar-refractivity contribution < 1.29 is 14.4 Å². The van der Waals surface area contributed by atoms with Crippen molar-refractivity contribution in [3.63, 3.8) is 0 Å². The number of hydrogen-bond acceptors (Lipinski definition) is 4. The number of hydrogen-bond donors (Lipinski definition) is 2. The predicted octanol–water partition coefficient (Wildman–Crippen LogP) is 3.62. The SMILES string of the molecule is CC(=O)Nc1cccc(NC(=O)CCC(=O)c2cccs2)c1C. The average Bonchev–Trinajstić information content (AvgIpc) is 3.03. The summed E-state index contributed by atoms with van der Waals surface area (Å²) in [7, 11) is 0. The lowest BCUT2D eigenvalue weighted by atomic mass is 10.1. The Morgan fingerprint density at radius 3 is 2.30 bits per heavy atom. The molecule has 6 heteroatoms. The molecule has 5 nitrogen and oxygen atoms in total. The fourth-order valence-electron chi connectivity index (χ4n) is 2.10. The molecule has 0 atom stereocenters. The highest BCUT2D eigenvalue weighted by Crippen LogP contribution is 2.23. The number of ketones is 1. The summed E-state index contributed by atoms with van der Waals surface area (Å²) in [6.45, 7) is 3.25. The Hall–Kier alpha value is -2.47. The summed E-state index contributed by atoms with van der Waals surface area (Å²) < 4.78 is 0. The summed E-state index contributed by atoms with van der Waals surface area (Å²) in [4.78, 5) is 35.7. The molecule has 0 spiro atoms. The van der Waals surface area contributed by atoms with Crippen molar-refractivity contribution in [2.45, 2.75) is 26.7 Å². The van der Waals surface area contributed by atoms with E-state index in [0.717, 1.165) is 5.56 Å². The number of thiophene rings is 1. The first kappa shape index (κ1) is 16.9. The van der Waals surface area contributed by atoms with Crippen LogP contribution in [0, 0.1) is 6.92 Å². The number of nitrogens with one attached hydrogen (secondary N) is 2. The van der Waals surface area contributed by atoms with Crippen LogP contribution in [0.15, 0.2) is 35.7 Å². The Kier molecular flexibility index (Phi) is 5.65. The first-order valence-electron chi connectivity index (χ1n) is 7.21. The van der Waals surface area contributed by atoms with Crippen LogP contribution in [-0.4, -0.2) is 17.6 Å². The molecule has 23 heavy (non-hydrogen) atoms. The first-order chi connectivity index (χ1) is 11.0. The van der Waals surface area contributed by atoms with Gasteiger partial charge in [-0.1, -0.05) is 12.1 Å². The Bertz CT molecular complexity index is 723. The van der Waals surface area contributed by atoms with Gasteiger partial charge in [0, 0.05) is 31.1 Å². The smallest absolute Gasteiger partial charge is 0.224 e. The molecule has 0 radical (unpaired) electrons. The van der Waals surface area contributed by atoms with E-state index >= 15 is 0 Å². The summed E-state index contributed by atoms with van der Waals surface area (Å²) in [5.41, 5.74) is 2.07. The summed E-state index contributed by atoms with van der Waals surface area (Å²) in [5.74, 6) is -0.421. The van der Waals surface area contributed by atoms with Gasteiger partial charge in [0.25, 0.3) is 0 Å². The third kappa shape index (κ3) is 4.75. The molecule has 1 heterocycles. The van der Waals surface area contributed by atoms with Crippen molar-refractivity contribution >= 4 is 40.3 Å². The quantitative estimate of drug-likeness (QED) is 0.794. The second-order valence-electron chi connectivity index (χ2n) is 5.11. The van der Waals surface area contributed by atoms with Crippen LogP contribution in [0.2, 0.25) is 0 Å². The summed E-state index contributed by atoms with van der Waals surface area (Å²) >= 11 is 1.38. The standard InChI is InChI=1S/C17H18N2O3S/c1-11-13(18-12(2)20)5-3-6-14(11)19-17(22)9-8-15(21)16-7-4-10-23-16/h3-7,10H,8-9H2,1-2H3,(H,18,20)(H,19,22). The molecule has 1 aromatic carbocycles. The Labute approximate surface area is 138 Å². The molecule has 0 unspecified atom stereocenters. The largest absolute Gasteiger partial charge is 0.326 e. The molecule has 0 saturated carbocycles. The third-order valence-electron chi connectivity index (χ3n) is 3.29. The average molecular weight is 330 g/mol. The van der Waals surface area contributed by atoms with Gasteiger partial charge >= 0.3 is 0 Å². The molecule has 0 saturated heterocycles. The van der Waals surface area contributed by atoms with Crippen LogP contribution in [0.4, 0.5) is 11.4 Å². The monoisotopic (exact) mass is 330 g/mol. The molecule has 2 aromatic rings. The Morgan fingerprint density at radius 1 is 1.00 bits per heavy atom. The Balaban J connectivity index is 1.95. The van der Waals surface area contributed by atoms with Crippen molar-refractivity contribution in [3.05, 3.63) is 46.2 Å². The van der Waals surface area contributed by atoms with Crippen molar-refractivity contribution in [3.8, 4) is 0 Å². The van der Waals surface area contributed by atoms with Gasteiger partial charge in [-0.2, -0.15) is 0 Å². The van der Waals surface area contributed by atoms with Gasteiger partial charge in [-0.3, -0.25) is 14.4 Å². The number of Topliss-reactive ketones (excluding diaryl/α,β-unsaturated/α-hetero) is 1. The maximum Gasteiger partial charge on any atom is 0.224 e. The summed E-state index contributed by atoms with van der Waals surface area (Å²) in [6, 6.07) is 8.86. The molecule has 0 aliphatic carbocycles. The molecule has 120 valence electrons. The zero-order valence-electron chi connectivity index (χ0n) is 13.0. The topological polar surface area (TPSA) is 75.3 Å². The van der Waals surface area contributed by atoms with Gasteiger partial charge in [0.1, 0.15) is 0 Å². The van der Waals surface area contributed by atoms with Crippen LogP contribution < -0.4 is 10.6 Å². The van der Waals surface area contributed by atoms with E-state index in [1.54, 1.807) is 24.3 Å². The number of anilines is 2. The highest BCUT2D eigenvalue weighted by atomic mass is 32.1. The van der Waals surface area contributed by atoms with Gasteiger partial charge in [0.15, 0.2) is 5.78 Å². The zero-order chi connectivity index (χ0) is 16.8. The predicted molar refractivity (Wildman–Crippen MR) is 92.0 cm³/mol. The number of benzene rings is 1. The van der Waals surface area contributed by atoms with Crippen LogP contribution >= 0.6 is 11.3 Å². The molecule has 2 amide bonds. The van der Waals surface area contributed by atoms with E-state index in [1.165, 1.54) is 18.3 Å². The second kappa shape index (κ2) is 7.69. The summed E-state index contributed by atoms with van der Waals surface area (Å²) in [5, 5.41) is 7.34. The lowest BCUT2D eigenvalue weighted by molar-refractivity contribution is -0.116. The summed E-state index contributed by atoms with van der Waals surface area (Å²) in [6.07, 6.45) is 0.303. The number of carbonyl (C=O) groups is 3. The highest BCUT2D eigenvalue weighted by molar-refractivity contribution is 7.12. The van der Waals surface area contributed by atoms with Gasteiger partial charge in [0.2, 0.25) is 11.8 Å². The normalized spacial score (nSPS) is 10.2. The Morgan fingerprint density at radius 2 is 1.70 bits per heavy atom. The fourth-order valence-corrected chi connectivity index (χ4v) is 2.79. The lowest BCUT2D eigenvalue weighted by Crippen LogP contribution is -2.15. The molecule has 0 aliphatic heterocycles. The second-order valence-corrected chi connectivity index (χ2v) is 6.06. The maximum atomic E-state index is 12.0. The van der Waals surface area contributed by atoms with Gasteiger partial charge in [-0.25, -0.2) is 0 Å².